The molecule has 0 atom stereocenters. The molecule has 2 aliphatic heterocycles. The van der Waals surface area contributed by atoms with Gasteiger partial charge in [-0.2, -0.15) is 9.57 Å². The van der Waals surface area contributed by atoms with Gasteiger partial charge >= 0.3 is 0 Å². The van der Waals surface area contributed by atoms with E-state index in [0.717, 1.165) is 12.2 Å². The zero-order valence-electron chi connectivity index (χ0n) is 16.3. The number of pyridine rings is 1. The van der Waals surface area contributed by atoms with Gasteiger partial charge in [0.2, 0.25) is 10.0 Å². The minimum atomic E-state index is -3.63. The van der Waals surface area contributed by atoms with Crippen LogP contribution in [0.2, 0.25) is 0 Å². The predicted molar refractivity (Wildman–Crippen MR) is 110 cm³/mol. The summed E-state index contributed by atoms with van der Waals surface area (Å²) in [6, 6.07) is 10.7. The van der Waals surface area contributed by atoms with Crippen LogP contribution >= 0.6 is 0 Å². The van der Waals surface area contributed by atoms with Gasteiger partial charge in [0.05, 0.1) is 22.7 Å². The van der Waals surface area contributed by atoms with Crippen LogP contribution < -0.4 is 14.5 Å². The standard InChI is InChI=1S/C20H23N5O3S/c1-23-12-13-28-19-14-17(5-6-18(19)23)29(26,27)25-9-3-8-24(10-11-25)20-16(15-21)4-2-7-22-20/h2,4-7,14H,3,8-13H2,1H3. The summed E-state index contributed by atoms with van der Waals surface area (Å²) < 4.78 is 33.7. The first kappa shape index (κ1) is 19.5. The quantitative estimate of drug-likeness (QED) is 0.756. The SMILES string of the molecule is CN1CCOc2cc(S(=O)(=O)N3CCCN(c4ncccc4C#N)CC3)ccc21. The van der Waals surface area contributed by atoms with E-state index in [2.05, 4.69) is 16.0 Å². The van der Waals surface area contributed by atoms with Crippen molar-refractivity contribution in [2.24, 2.45) is 0 Å². The van der Waals surface area contributed by atoms with Gasteiger partial charge in [-0.1, -0.05) is 0 Å². The van der Waals surface area contributed by atoms with Crippen LogP contribution in [0, 0.1) is 11.3 Å². The molecule has 0 unspecified atom stereocenters. The highest BCUT2D eigenvalue weighted by Crippen LogP contribution is 2.34. The largest absolute Gasteiger partial charge is 0.490 e. The number of sulfonamides is 1. The Morgan fingerprint density at radius 2 is 2.00 bits per heavy atom. The van der Waals surface area contributed by atoms with E-state index in [4.69, 9.17) is 4.74 Å². The molecular formula is C20H23N5O3S. The Labute approximate surface area is 171 Å². The number of nitrogens with zero attached hydrogens (tertiary/aromatic N) is 5. The molecule has 1 aromatic carbocycles. The van der Waals surface area contributed by atoms with E-state index >= 15 is 0 Å². The first-order valence-corrected chi connectivity index (χ1v) is 11.0. The maximum atomic E-state index is 13.2. The van der Waals surface area contributed by atoms with Gasteiger partial charge in [-0.05, 0) is 30.7 Å². The van der Waals surface area contributed by atoms with Gasteiger partial charge in [0.15, 0.2) is 0 Å². The van der Waals surface area contributed by atoms with Gasteiger partial charge in [-0.3, -0.25) is 0 Å². The number of benzene rings is 1. The van der Waals surface area contributed by atoms with E-state index in [0.29, 0.717) is 56.3 Å². The molecule has 0 spiro atoms. The summed E-state index contributed by atoms with van der Waals surface area (Å²) in [7, 11) is -1.67. The number of nitriles is 1. The molecule has 29 heavy (non-hydrogen) atoms. The highest BCUT2D eigenvalue weighted by molar-refractivity contribution is 7.89. The molecule has 152 valence electrons. The first-order valence-electron chi connectivity index (χ1n) is 9.59. The van der Waals surface area contributed by atoms with Crippen molar-refractivity contribution in [2.45, 2.75) is 11.3 Å². The predicted octanol–water partition coefficient (Wildman–Crippen LogP) is 1.68. The average molecular weight is 414 g/mol. The van der Waals surface area contributed by atoms with Crippen LogP contribution in [-0.2, 0) is 10.0 Å². The number of hydrogen-bond acceptors (Lipinski definition) is 7. The van der Waals surface area contributed by atoms with Crippen LogP contribution in [-0.4, -0.2) is 64.1 Å². The Bertz CT molecular complexity index is 1050. The smallest absolute Gasteiger partial charge is 0.243 e. The summed E-state index contributed by atoms with van der Waals surface area (Å²) in [5, 5.41) is 9.33. The number of anilines is 2. The van der Waals surface area contributed by atoms with E-state index < -0.39 is 10.0 Å². The molecule has 1 saturated heterocycles. The van der Waals surface area contributed by atoms with Gasteiger partial charge in [-0.25, -0.2) is 13.4 Å². The Morgan fingerprint density at radius 1 is 1.14 bits per heavy atom. The molecule has 3 heterocycles. The summed E-state index contributed by atoms with van der Waals surface area (Å²) >= 11 is 0. The van der Waals surface area contributed by atoms with E-state index in [1.807, 2.05) is 11.9 Å². The molecule has 0 radical (unpaired) electrons. The fraction of sp³-hybridized carbons (Fsp3) is 0.400. The van der Waals surface area contributed by atoms with E-state index in [1.54, 1.807) is 36.5 Å². The maximum Gasteiger partial charge on any atom is 0.243 e. The summed E-state index contributed by atoms with van der Waals surface area (Å²) in [6.07, 6.45) is 2.31. The first-order chi connectivity index (χ1) is 14.0. The third-order valence-electron chi connectivity index (χ3n) is 5.33. The van der Waals surface area contributed by atoms with Gasteiger partial charge in [-0.15, -0.1) is 0 Å². The molecular weight excluding hydrogens is 390 g/mol. The lowest BCUT2D eigenvalue weighted by Crippen LogP contribution is -2.35. The zero-order chi connectivity index (χ0) is 20.4. The van der Waals surface area contributed by atoms with E-state index in [9.17, 15) is 13.7 Å². The molecule has 8 nitrogen and oxygen atoms in total. The van der Waals surface area contributed by atoms with E-state index in [-0.39, 0.29) is 4.90 Å². The zero-order valence-corrected chi connectivity index (χ0v) is 17.1. The van der Waals surface area contributed by atoms with Crippen LogP contribution in [0.25, 0.3) is 0 Å². The normalized spacial score (nSPS) is 17.8. The van der Waals surface area contributed by atoms with Crippen molar-refractivity contribution >= 4 is 21.5 Å². The van der Waals surface area contributed by atoms with Crippen LogP contribution in [0.5, 0.6) is 5.75 Å². The monoisotopic (exact) mass is 413 g/mol. The van der Waals surface area contributed by atoms with Gasteiger partial charge in [0, 0.05) is 45.5 Å². The average Bonchev–Trinajstić information content (AvgIpc) is 3.00. The molecule has 0 N–H and O–H groups in total. The second-order valence-corrected chi connectivity index (χ2v) is 9.07. The number of fused-ring (bicyclic) bond motifs is 1. The Balaban J connectivity index is 1.55. The van der Waals surface area contributed by atoms with Gasteiger partial charge in [0.1, 0.15) is 24.2 Å². The minimum Gasteiger partial charge on any atom is -0.490 e. The third kappa shape index (κ3) is 3.73. The molecule has 0 aliphatic carbocycles. The lowest BCUT2D eigenvalue weighted by molar-refractivity contribution is 0.310. The van der Waals surface area contributed by atoms with Crippen molar-refractivity contribution < 1.29 is 13.2 Å². The van der Waals surface area contributed by atoms with Crippen LogP contribution in [0.4, 0.5) is 11.5 Å². The minimum absolute atomic E-state index is 0.246. The highest BCUT2D eigenvalue weighted by atomic mass is 32.2. The molecule has 4 rings (SSSR count). The molecule has 0 saturated carbocycles. The molecule has 0 amide bonds. The lowest BCUT2D eigenvalue weighted by atomic mass is 10.2. The molecule has 0 bridgehead atoms. The fourth-order valence-corrected chi connectivity index (χ4v) is 5.22. The van der Waals surface area contributed by atoms with Crippen molar-refractivity contribution in [3.63, 3.8) is 0 Å². The summed E-state index contributed by atoms with van der Waals surface area (Å²) in [5.41, 5.74) is 1.40. The van der Waals surface area contributed by atoms with Crippen molar-refractivity contribution in [3.8, 4) is 11.8 Å². The number of rotatable bonds is 3. The molecule has 2 aromatic rings. The fourth-order valence-electron chi connectivity index (χ4n) is 3.73. The number of ether oxygens (including phenoxy) is 1. The van der Waals surface area contributed by atoms with Crippen molar-refractivity contribution in [2.75, 3.05) is 56.2 Å². The van der Waals surface area contributed by atoms with Crippen molar-refractivity contribution in [1.82, 2.24) is 9.29 Å². The van der Waals surface area contributed by atoms with E-state index in [1.165, 1.54) is 4.31 Å². The highest BCUT2D eigenvalue weighted by Gasteiger charge is 2.29. The topological polar surface area (TPSA) is 89.8 Å². The number of likely N-dealkylation sites (N-methyl/N-ethyl adjacent to an activating group) is 1. The molecule has 1 aromatic heterocycles. The second kappa shape index (κ2) is 7.89. The third-order valence-corrected chi connectivity index (χ3v) is 7.22. The Hall–Kier alpha value is -2.83. The summed E-state index contributed by atoms with van der Waals surface area (Å²) in [6.45, 7) is 3.20. The van der Waals surface area contributed by atoms with Gasteiger partial charge in [0.25, 0.3) is 0 Å². The Morgan fingerprint density at radius 3 is 2.83 bits per heavy atom. The maximum absolute atomic E-state index is 13.2. The van der Waals surface area contributed by atoms with Crippen LogP contribution in [0.1, 0.15) is 12.0 Å². The van der Waals surface area contributed by atoms with Crippen LogP contribution in [0.15, 0.2) is 41.4 Å². The van der Waals surface area contributed by atoms with Crippen molar-refractivity contribution in [1.29, 1.82) is 5.26 Å². The van der Waals surface area contributed by atoms with Gasteiger partial charge < -0.3 is 14.5 Å². The number of hydrogen-bond donors (Lipinski definition) is 0. The molecule has 2 aliphatic rings. The molecule has 1 fully saturated rings. The van der Waals surface area contributed by atoms with Crippen molar-refractivity contribution in [3.05, 3.63) is 42.1 Å². The number of aromatic nitrogens is 1. The molecule has 9 heteroatoms. The summed E-state index contributed by atoms with van der Waals surface area (Å²) in [4.78, 5) is 8.62. The second-order valence-electron chi connectivity index (χ2n) is 7.13. The summed E-state index contributed by atoms with van der Waals surface area (Å²) in [5.74, 6) is 1.21. The lowest BCUT2D eigenvalue weighted by Gasteiger charge is -2.28. The Kier molecular flexibility index (Phi) is 5.30. The van der Waals surface area contributed by atoms with Crippen LogP contribution in [0.3, 0.4) is 0 Å².